The molecule has 4 heterocycles. The number of piperazine rings is 1. The van der Waals surface area contributed by atoms with E-state index in [0.29, 0.717) is 6.54 Å². The van der Waals surface area contributed by atoms with Crippen molar-refractivity contribution >= 4 is 46.7 Å². The summed E-state index contributed by atoms with van der Waals surface area (Å²) in [6, 6.07) is 3.88. The Morgan fingerprint density at radius 2 is 2.15 bits per heavy atom. The molecule has 0 aromatic carbocycles. The van der Waals surface area contributed by atoms with Gasteiger partial charge in [0, 0.05) is 36.1 Å². The van der Waals surface area contributed by atoms with Gasteiger partial charge in [-0.15, -0.1) is 24.0 Å². The first kappa shape index (κ1) is 18.3. The predicted octanol–water partition coefficient (Wildman–Crippen LogP) is 2.38. The third kappa shape index (κ3) is 3.19. The van der Waals surface area contributed by atoms with Crippen molar-refractivity contribution in [3.63, 3.8) is 0 Å². The maximum atomic E-state index is 12.9. The number of nitrogens with two attached hydrogens (primary N) is 1. The van der Waals surface area contributed by atoms with E-state index in [1.165, 1.54) is 18.4 Å². The zero-order chi connectivity index (χ0) is 19.0. The lowest BCUT2D eigenvalue weighted by molar-refractivity contribution is 0.0629. The van der Waals surface area contributed by atoms with Crippen LogP contribution in [0, 0.1) is 0 Å². The normalized spacial score (nSPS) is 17.7. The fourth-order valence-electron chi connectivity index (χ4n) is 3.73. The van der Waals surface area contributed by atoms with Gasteiger partial charge in [0.1, 0.15) is 17.8 Å². The van der Waals surface area contributed by atoms with Gasteiger partial charge in [0.15, 0.2) is 0 Å². The molecule has 3 aromatic rings. The minimum absolute atomic E-state index is 0.0519. The van der Waals surface area contributed by atoms with Crippen molar-refractivity contribution in [2.45, 2.75) is 23.3 Å². The summed E-state index contributed by atoms with van der Waals surface area (Å²) in [5.41, 5.74) is 5.30. The fourth-order valence-corrected chi connectivity index (χ4v) is 4.83. The van der Waals surface area contributed by atoms with E-state index in [2.05, 4.69) is 43.1 Å². The smallest absolute Gasteiger partial charge is 0.264 e. The standard InChI is InChI=1S/C17H17N5OS2.CH5N/c23-16(13-7-11(24)8-25-13)22-6-5-21(9-17(22)2-3-17)15-12-1-4-18-14(12)19-10-20-15;1-2/h1,4,7-8,10,24H,2-3,5-6,9H2,(H,18,19,20);2H2,1H3. The molecule has 1 aliphatic carbocycles. The molecule has 1 aliphatic heterocycles. The second kappa shape index (κ2) is 7.14. The zero-order valence-corrected chi connectivity index (χ0v) is 16.8. The molecule has 2 aliphatic rings. The Bertz CT molecular complexity index is 964. The first-order valence-corrected chi connectivity index (χ1v) is 10.2. The van der Waals surface area contributed by atoms with Crippen LogP contribution in [0.5, 0.6) is 0 Å². The number of fused-ring (bicyclic) bond motifs is 1. The van der Waals surface area contributed by atoms with Crippen LogP contribution < -0.4 is 10.6 Å². The summed E-state index contributed by atoms with van der Waals surface area (Å²) in [5, 5.41) is 2.95. The largest absolute Gasteiger partial charge is 0.352 e. The number of hydrogen-bond donors (Lipinski definition) is 3. The lowest BCUT2D eigenvalue weighted by atomic mass is 10.1. The van der Waals surface area contributed by atoms with Gasteiger partial charge >= 0.3 is 0 Å². The molecule has 1 spiro atoms. The van der Waals surface area contributed by atoms with Crippen molar-refractivity contribution in [2.24, 2.45) is 5.73 Å². The first-order chi connectivity index (χ1) is 13.2. The molecule has 5 rings (SSSR count). The third-order valence-electron chi connectivity index (χ3n) is 5.15. The van der Waals surface area contributed by atoms with Crippen LogP contribution >= 0.6 is 24.0 Å². The van der Waals surface area contributed by atoms with Crippen molar-refractivity contribution in [1.29, 1.82) is 0 Å². The number of anilines is 1. The van der Waals surface area contributed by atoms with Crippen LogP contribution in [-0.4, -0.2) is 58.0 Å². The topological polar surface area (TPSA) is 91.1 Å². The summed E-state index contributed by atoms with van der Waals surface area (Å²) in [6.07, 6.45) is 5.60. The van der Waals surface area contributed by atoms with Crippen LogP contribution in [0.1, 0.15) is 22.5 Å². The molecule has 0 atom stereocenters. The van der Waals surface area contributed by atoms with Gasteiger partial charge in [0.25, 0.3) is 5.91 Å². The number of rotatable bonds is 2. The summed E-state index contributed by atoms with van der Waals surface area (Å²) in [7, 11) is 1.50. The number of nitrogens with zero attached hydrogens (tertiary/aromatic N) is 4. The highest BCUT2D eigenvalue weighted by molar-refractivity contribution is 7.80. The first-order valence-electron chi connectivity index (χ1n) is 8.87. The van der Waals surface area contributed by atoms with Crippen LogP contribution in [-0.2, 0) is 0 Å². The summed E-state index contributed by atoms with van der Waals surface area (Å²) < 4.78 is 0. The number of carbonyl (C=O) groups is 1. The molecule has 7 nitrogen and oxygen atoms in total. The molecular formula is C18H22N6OS2. The number of thiophene rings is 1. The van der Waals surface area contributed by atoms with Crippen LogP contribution in [0.2, 0.25) is 0 Å². The second-order valence-electron chi connectivity index (χ2n) is 6.71. The molecule has 3 N–H and O–H groups in total. The van der Waals surface area contributed by atoms with Crippen molar-refractivity contribution in [2.75, 3.05) is 31.6 Å². The van der Waals surface area contributed by atoms with Gasteiger partial charge in [-0.3, -0.25) is 4.79 Å². The van der Waals surface area contributed by atoms with E-state index in [0.717, 1.165) is 52.6 Å². The van der Waals surface area contributed by atoms with E-state index < -0.39 is 0 Å². The molecular weight excluding hydrogens is 380 g/mol. The van der Waals surface area contributed by atoms with E-state index in [4.69, 9.17) is 0 Å². The number of carbonyl (C=O) groups excluding carboxylic acids is 1. The number of hydrogen-bond acceptors (Lipinski definition) is 7. The molecule has 1 saturated carbocycles. The van der Waals surface area contributed by atoms with Crippen molar-refractivity contribution in [3.8, 4) is 0 Å². The highest BCUT2D eigenvalue weighted by Crippen LogP contribution is 2.46. The van der Waals surface area contributed by atoms with Crippen molar-refractivity contribution in [3.05, 3.63) is 34.9 Å². The highest BCUT2D eigenvalue weighted by Gasteiger charge is 2.53. The lowest BCUT2D eigenvalue weighted by Crippen LogP contribution is -2.57. The van der Waals surface area contributed by atoms with E-state index >= 15 is 0 Å². The van der Waals surface area contributed by atoms with Crippen molar-refractivity contribution in [1.82, 2.24) is 19.9 Å². The van der Waals surface area contributed by atoms with Crippen LogP contribution in [0.4, 0.5) is 5.82 Å². The average Bonchev–Trinajstić information content (AvgIpc) is 3.11. The average molecular weight is 403 g/mol. The van der Waals surface area contributed by atoms with Gasteiger partial charge in [0.2, 0.25) is 0 Å². The van der Waals surface area contributed by atoms with Gasteiger partial charge in [-0.1, -0.05) is 0 Å². The Hall–Kier alpha value is -2.10. The molecule has 2 fully saturated rings. The van der Waals surface area contributed by atoms with Gasteiger partial charge in [-0.2, -0.15) is 0 Å². The summed E-state index contributed by atoms with van der Waals surface area (Å²) in [6.45, 7) is 2.33. The summed E-state index contributed by atoms with van der Waals surface area (Å²) >= 11 is 5.80. The van der Waals surface area contributed by atoms with Crippen LogP contribution in [0.15, 0.2) is 34.9 Å². The zero-order valence-electron chi connectivity index (χ0n) is 15.1. The minimum Gasteiger partial charge on any atom is -0.352 e. The molecule has 0 radical (unpaired) electrons. The minimum atomic E-state index is -0.0519. The highest BCUT2D eigenvalue weighted by atomic mass is 32.1. The van der Waals surface area contributed by atoms with Crippen LogP contribution in [0.3, 0.4) is 0 Å². The van der Waals surface area contributed by atoms with Gasteiger partial charge in [-0.05, 0) is 32.0 Å². The Morgan fingerprint density at radius 1 is 1.33 bits per heavy atom. The van der Waals surface area contributed by atoms with Crippen LogP contribution in [0.25, 0.3) is 11.0 Å². The molecule has 0 bridgehead atoms. The fraction of sp³-hybridized carbons (Fsp3) is 0.389. The van der Waals surface area contributed by atoms with Gasteiger partial charge < -0.3 is 20.5 Å². The monoisotopic (exact) mass is 402 g/mol. The lowest BCUT2D eigenvalue weighted by Gasteiger charge is -2.42. The maximum Gasteiger partial charge on any atom is 0.264 e. The Balaban J connectivity index is 0.000000872. The number of thiol groups is 1. The quantitative estimate of drug-likeness (QED) is 0.573. The molecule has 1 saturated heterocycles. The molecule has 9 heteroatoms. The maximum absolute atomic E-state index is 12.9. The van der Waals surface area contributed by atoms with Gasteiger partial charge in [-0.25, -0.2) is 9.97 Å². The van der Waals surface area contributed by atoms with E-state index in [1.54, 1.807) is 6.33 Å². The van der Waals surface area contributed by atoms with E-state index in [1.807, 2.05) is 23.7 Å². The van der Waals surface area contributed by atoms with E-state index in [9.17, 15) is 4.79 Å². The second-order valence-corrected chi connectivity index (χ2v) is 8.14. The van der Waals surface area contributed by atoms with E-state index in [-0.39, 0.29) is 11.4 Å². The third-order valence-corrected chi connectivity index (χ3v) is 6.50. The molecule has 1 amide bonds. The summed E-state index contributed by atoms with van der Waals surface area (Å²) in [5.74, 6) is 1.09. The Kier molecular flexibility index (Phi) is 4.83. The number of aromatic amines is 1. The number of H-pyrrole nitrogens is 1. The number of amides is 1. The SMILES string of the molecule is CN.O=C(c1cc(S)cs1)N1CCN(c2ncnc3[nH]ccc23)CC12CC2. The Labute approximate surface area is 167 Å². The molecule has 142 valence electrons. The predicted molar refractivity (Wildman–Crippen MR) is 111 cm³/mol. The molecule has 27 heavy (non-hydrogen) atoms. The summed E-state index contributed by atoms with van der Waals surface area (Å²) in [4.78, 5) is 30.9. The Morgan fingerprint density at radius 3 is 2.85 bits per heavy atom. The number of nitrogens with one attached hydrogen (secondary N) is 1. The molecule has 0 unspecified atom stereocenters. The van der Waals surface area contributed by atoms with Gasteiger partial charge in [0.05, 0.1) is 15.8 Å². The molecule has 3 aromatic heterocycles. The van der Waals surface area contributed by atoms with Crippen molar-refractivity contribution < 1.29 is 4.79 Å². The number of aromatic nitrogens is 3.